The van der Waals surface area contributed by atoms with Crippen LogP contribution >= 0.6 is 12.4 Å². The lowest BCUT2D eigenvalue weighted by molar-refractivity contribution is -0.133. The van der Waals surface area contributed by atoms with Gasteiger partial charge >= 0.3 is 0 Å². The molecule has 0 bridgehead atoms. The van der Waals surface area contributed by atoms with Crippen molar-refractivity contribution in [1.29, 1.82) is 0 Å². The summed E-state index contributed by atoms with van der Waals surface area (Å²) in [4.78, 5) is 30.6. The first-order chi connectivity index (χ1) is 20.5. The van der Waals surface area contributed by atoms with Crippen LogP contribution in [0.1, 0.15) is 60.3 Å². The van der Waals surface area contributed by atoms with E-state index in [1.807, 2.05) is 4.52 Å². The number of carbonyl (C=O) groups excluding carboxylic acids is 2. The Kier molecular flexibility index (Phi) is 9.75. The maximum Gasteiger partial charge on any atom is 0.249 e. The van der Waals surface area contributed by atoms with Gasteiger partial charge in [0, 0.05) is 30.4 Å². The average Bonchev–Trinajstić information content (AvgIpc) is 3.42. The number of imide groups is 1. The van der Waals surface area contributed by atoms with Gasteiger partial charge in [0.15, 0.2) is 0 Å². The molecule has 43 heavy (non-hydrogen) atoms. The van der Waals surface area contributed by atoms with Crippen LogP contribution in [0, 0.1) is 6.92 Å². The average molecular weight is 602 g/mol. The van der Waals surface area contributed by atoms with Crippen molar-refractivity contribution in [2.45, 2.75) is 64.0 Å². The quantitative estimate of drug-likeness (QED) is 0.240. The maximum atomic E-state index is 12.0. The number of amides is 2. The number of aryl methyl sites for hydroxylation is 2. The van der Waals surface area contributed by atoms with E-state index in [0.717, 1.165) is 73.3 Å². The van der Waals surface area contributed by atoms with Crippen LogP contribution in [0.5, 0.6) is 0 Å². The van der Waals surface area contributed by atoms with Crippen LogP contribution in [0.2, 0.25) is 0 Å². The highest BCUT2D eigenvalue weighted by Crippen LogP contribution is 2.30. The van der Waals surface area contributed by atoms with Gasteiger partial charge in [-0.25, -0.2) is 9.50 Å². The van der Waals surface area contributed by atoms with Gasteiger partial charge < -0.3 is 16.0 Å². The van der Waals surface area contributed by atoms with Crippen molar-refractivity contribution in [2.24, 2.45) is 5.73 Å². The molecule has 2 amide bonds. The van der Waals surface area contributed by atoms with Crippen molar-refractivity contribution in [1.82, 2.24) is 24.8 Å². The topological polar surface area (TPSA) is 118 Å². The molecule has 9 nitrogen and oxygen atoms in total. The molecule has 0 spiro atoms. The largest absolute Gasteiger partial charge is 0.374 e. The predicted molar refractivity (Wildman–Crippen MR) is 171 cm³/mol. The number of rotatable bonds is 9. The third-order valence-corrected chi connectivity index (χ3v) is 8.79. The molecule has 4 heterocycles. The second-order valence-corrected chi connectivity index (χ2v) is 11.6. The zero-order valence-corrected chi connectivity index (χ0v) is 25.4. The number of hydrogen-bond acceptors (Lipinski definition) is 7. The van der Waals surface area contributed by atoms with E-state index in [9.17, 15) is 9.59 Å². The molecule has 0 saturated carbocycles. The summed E-state index contributed by atoms with van der Waals surface area (Å²) >= 11 is 0. The Morgan fingerprint density at radius 3 is 2.56 bits per heavy atom. The zero-order valence-electron chi connectivity index (χ0n) is 24.6. The van der Waals surface area contributed by atoms with Gasteiger partial charge in [0.05, 0.1) is 11.2 Å². The van der Waals surface area contributed by atoms with E-state index < -0.39 is 0 Å². The smallest absolute Gasteiger partial charge is 0.249 e. The summed E-state index contributed by atoms with van der Waals surface area (Å²) in [5, 5.41) is 10.1. The molecule has 0 radical (unpaired) electrons. The van der Waals surface area contributed by atoms with E-state index >= 15 is 0 Å². The third kappa shape index (κ3) is 7.06. The molecule has 4 N–H and O–H groups in total. The summed E-state index contributed by atoms with van der Waals surface area (Å²) < 4.78 is 1.95. The highest BCUT2D eigenvalue weighted by atomic mass is 35.5. The second-order valence-electron chi connectivity index (χ2n) is 11.6. The number of likely N-dealkylation sites (tertiary alicyclic amines) is 1. The number of aromatic nitrogens is 3. The Hall–Kier alpha value is -3.79. The minimum atomic E-state index is -0.352. The lowest BCUT2D eigenvalue weighted by atomic mass is 9.89. The fraction of sp³-hybridized carbons (Fsp3) is 0.394. The number of anilines is 1. The van der Waals surface area contributed by atoms with E-state index in [2.05, 4.69) is 87.3 Å². The molecule has 2 saturated heterocycles. The molecular formula is C33H40ClN7O2. The monoisotopic (exact) mass is 601 g/mol. The predicted octanol–water partition coefficient (Wildman–Crippen LogP) is 4.61. The van der Waals surface area contributed by atoms with Gasteiger partial charge in [-0.05, 0) is 111 Å². The second kappa shape index (κ2) is 13.7. The Morgan fingerprint density at radius 2 is 1.84 bits per heavy atom. The number of hydrogen-bond donors (Lipinski definition) is 3. The molecular weight excluding hydrogens is 562 g/mol. The van der Waals surface area contributed by atoms with E-state index in [1.165, 1.54) is 16.7 Å². The van der Waals surface area contributed by atoms with E-state index in [4.69, 9.17) is 5.73 Å². The number of fused-ring (bicyclic) bond motifs is 1. The molecule has 1 unspecified atom stereocenters. The highest BCUT2D eigenvalue weighted by molar-refractivity contribution is 6.01. The van der Waals surface area contributed by atoms with Gasteiger partial charge in [0.1, 0.15) is 12.4 Å². The van der Waals surface area contributed by atoms with Crippen LogP contribution in [0.15, 0.2) is 61.1 Å². The summed E-state index contributed by atoms with van der Waals surface area (Å²) in [6.07, 6.45) is 9.09. The normalized spacial score (nSPS) is 18.0. The molecule has 2 aromatic heterocycles. The molecule has 0 aliphatic carbocycles. The molecule has 2 aliphatic rings. The summed E-state index contributed by atoms with van der Waals surface area (Å²) in [6, 6.07) is 16.7. The van der Waals surface area contributed by atoms with E-state index in [1.54, 1.807) is 6.33 Å². The van der Waals surface area contributed by atoms with Crippen LogP contribution in [0.4, 0.5) is 5.69 Å². The van der Waals surface area contributed by atoms with E-state index in [-0.39, 0.29) is 30.3 Å². The summed E-state index contributed by atoms with van der Waals surface area (Å²) in [7, 11) is 0. The first-order valence-corrected chi connectivity index (χ1v) is 15.0. The van der Waals surface area contributed by atoms with Crippen LogP contribution in [-0.4, -0.2) is 57.0 Å². The van der Waals surface area contributed by atoms with Gasteiger partial charge in [-0.2, -0.15) is 5.10 Å². The molecule has 10 heteroatoms. The third-order valence-electron chi connectivity index (χ3n) is 8.79. The fourth-order valence-corrected chi connectivity index (χ4v) is 6.30. The Bertz CT molecular complexity index is 1580. The number of nitrogens with two attached hydrogens (primary N) is 1. The highest BCUT2D eigenvalue weighted by Gasteiger charge is 2.26. The zero-order chi connectivity index (χ0) is 29.1. The summed E-state index contributed by atoms with van der Waals surface area (Å²) in [6.45, 7) is 5.93. The lowest BCUT2D eigenvalue weighted by Crippen LogP contribution is -2.47. The van der Waals surface area contributed by atoms with Crippen molar-refractivity contribution in [3.05, 3.63) is 83.3 Å². The van der Waals surface area contributed by atoms with Crippen LogP contribution in [-0.2, 0) is 22.6 Å². The molecule has 226 valence electrons. The molecule has 2 aliphatic heterocycles. The van der Waals surface area contributed by atoms with Crippen molar-refractivity contribution < 1.29 is 9.59 Å². The standard InChI is InChI=1S/C33H39N7O2.ClH/c1-22-17-26(4-5-27(22)19-34)32-30-18-23(20-40(30)36-21-35-32)3-2-14-39-15-12-25(13-16-39)24-6-8-28(9-7-24)37-29-10-11-31(41)38-33(29)42;/h4-9,17-18,20-21,25,29,37H,2-3,10-16,19,34H2,1H3,(H,38,41,42);1H. The van der Waals surface area contributed by atoms with Crippen molar-refractivity contribution in [3.8, 4) is 11.3 Å². The summed E-state index contributed by atoms with van der Waals surface area (Å²) in [5.41, 5.74) is 14.8. The maximum absolute atomic E-state index is 12.0. The Labute approximate surface area is 258 Å². The number of benzene rings is 2. The first kappa shape index (κ1) is 30.7. The van der Waals surface area contributed by atoms with Crippen molar-refractivity contribution in [3.63, 3.8) is 0 Å². The molecule has 2 aromatic carbocycles. The van der Waals surface area contributed by atoms with Gasteiger partial charge in [-0.3, -0.25) is 14.9 Å². The van der Waals surface area contributed by atoms with E-state index in [0.29, 0.717) is 25.3 Å². The minimum absolute atomic E-state index is 0. The Balaban J connectivity index is 0.00000368. The first-order valence-electron chi connectivity index (χ1n) is 15.0. The van der Waals surface area contributed by atoms with Gasteiger partial charge in [0.25, 0.3) is 0 Å². The van der Waals surface area contributed by atoms with Crippen molar-refractivity contribution >= 4 is 35.4 Å². The Morgan fingerprint density at radius 1 is 1.05 bits per heavy atom. The van der Waals surface area contributed by atoms with Gasteiger partial charge in [-0.1, -0.05) is 24.3 Å². The molecule has 4 aromatic rings. The number of nitrogens with one attached hydrogen (secondary N) is 2. The SMILES string of the molecule is Cc1cc(-c2ncnn3cc(CCCN4CCC(c5ccc(NC6CCC(=O)NC6=O)cc5)CC4)cc23)ccc1CN.Cl. The molecule has 1 atom stereocenters. The van der Waals surface area contributed by atoms with Gasteiger partial charge in [0.2, 0.25) is 11.8 Å². The number of piperidine rings is 2. The number of carbonyl (C=O) groups is 2. The fourth-order valence-electron chi connectivity index (χ4n) is 6.30. The van der Waals surface area contributed by atoms with Crippen LogP contribution < -0.4 is 16.4 Å². The number of halogens is 1. The number of nitrogens with zero attached hydrogens (tertiary/aromatic N) is 4. The lowest BCUT2D eigenvalue weighted by Gasteiger charge is -2.32. The van der Waals surface area contributed by atoms with Crippen LogP contribution in [0.25, 0.3) is 16.8 Å². The molecule has 6 rings (SSSR count). The summed E-state index contributed by atoms with van der Waals surface area (Å²) in [5.74, 6) is 0.125. The van der Waals surface area contributed by atoms with Gasteiger partial charge in [-0.15, -0.1) is 12.4 Å². The molecule has 2 fully saturated rings. The van der Waals surface area contributed by atoms with Crippen molar-refractivity contribution in [2.75, 3.05) is 25.0 Å². The van der Waals surface area contributed by atoms with Crippen LogP contribution in [0.3, 0.4) is 0 Å². The minimum Gasteiger partial charge on any atom is -0.374 e.